The van der Waals surface area contributed by atoms with Gasteiger partial charge in [-0.3, -0.25) is 9.09 Å². The molecular formula is C9H14N3NaO8P. The Morgan fingerprint density at radius 3 is 2.59 bits per heavy atom. The minimum Gasteiger partial charge on any atom is -0.387 e. The molecule has 1 aliphatic heterocycles. The number of aromatic nitrogens is 2. The minimum atomic E-state index is -4.74. The average molecular weight is 346 g/mol. The third-order valence-corrected chi connectivity index (χ3v) is 3.36. The van der Waals surface area contributed by atoms with E-state index in [1.807, 2.05) is 0 Å². The predicted octanol–water partition coefficient (Wildman–Crippen LogP) is -2.83. The van der Waals surface area contributed by atoms with E-state index in [4.69, 9.17) is 20.3 Å². The van der Waals surface area contributed by atoms with E-state index in [1.165, 1.54) is 12.3 Å². The summed E-state index contributed by atoms with van der Waals surface area (Å²) < 4.78 is 20.9. The number of nitrogens with two attached hydrogens (primary N) is 1. The smallest absolute Gasteiger partial charge is 0.387 e. The number of hydrogen-bond acceptors (Lipinski definition) is 8. The monoisotopic (exact) mass is 346 g/mol. The first kappa shape index (κ1) is 19.7. The molecule has 2 rings (SSSR count). The molecule has 1 aromatic heterocycles. The Labute approximate surface area is 146 Å². The number of phosphoric acid groups is 1. The van der Waals surface area contributed by atoms with E-state index < -0.39 is 44.7 Å². The molecule has 1 aliphatic rings. The van der Waals surface area contributed by atoms with Gasteiger partial charge in [-0.2, -0.15) is 4.98 Å². The standard InChI is InChI=1S/C9H14N3O8P.Na/c10-5-1-2-12(9(15)11-5)8-7(14)6(13)4(20-8)3-19-21(16,17)18;/h1-2,4,6-8,13-14H,3H2,(H2,10,11,15)(H2,16,17,18);. The summed E-state index contributed by atoms with van der Waals surface area (Å²) in [5, 5.41) is 19.6. The van der Waals surface area contributed by atoms with Crippen LogP contribution in [0.2, 0.25) is 0 Å². The molecule has 0 bridgehead atoms. The van der Waals surface area contributed by atoms with E-state index >= 15 is 0 Å². The summed E-state index contributed by atoms with van der Waals surface area (Å²) >= 11 is 0. The molecule has 6 N–H and O–H groups in total. The van der Waals surface area contributed by atoms with Gasteiger partial charge in [0.15, 0.2) is 6.23 Å². The van der Waals surface area contributed by atoms with Crippen LogP contribution in [0.4, 0.5) is 5.82 Å². The quantitative estimate of drug-likeness (QED) is 0.282. The van der Waals surface area contributed by atoms with Crippen LogP contribution >= 0.6 is 7.82 Å². The maximum absolute atomic E-state index is 11.6. The van der Waals surface area contributed by atoms with Crippen LogP contribution in [0.15, 0.2) is 17.1 Å². The minimum absolute atomic E-state index is 0. The number of phosphoric ester groups is 1. The Morgan fingerprint density at radius 2 is 2.05 bits per heavy atom. The van der Waals surface area contributed by atoms with E-state index in [2.05, 4.69) is 9.51 Å². The van der Waals surface area contributed by atoms with Crippen molar-refractivity contribution in [1.29, 1.82) is 0 Å². The first-order chi connectivity index (χ1) is 9.69. The Morgan fingerprint density at radius 1 is 1.41 bits per heavy atom. The van der Waals surface area contributed by atoms with Crippen LogP contribution in [0.5, 0.6) is 0 Å². The first-order valence-corrected chi connectivity index (χ1v) is 7.28. The van der Waals surface area contributed by atoms with Gasteiger partial charge in [-0.15, -0.1) is 0 Å². The fourth-order valence-corrected chi connectivity index (χ4v) is 2.23. The number of aliphatic hydroxyl groups is 2. The number of hydrogen-bond donors (Lipinski definition) is 5. The van der Waals surface area contributed by atoms with Crippen molar-refractivity contribution in [2.75, 3.05) is 12.3 Å². The van der Waals surface area contributed by atoms with Crippen LogP contribution in [-0.2, 0) is 13.8 Å². The summed E-state index contributed by atoms with van der Waals surface area (Å²) in [5.41, 5.74) is 4.52. The average Bonchev–Trinajstić information content (AvgIpc) is 2.64. The second-order valence-electron chi connectivity index (χ2n) is 4.37. The summed E-state index contributed by atoms with van der Waals surface area (Å²) in [6.45, 7) is -0.657. The third kappa shape index (κ3) is 4.59. The molecule has 2 heterocycles. The molecule has 119 valence electrons. The van der Waals surface area contributed by atoms with Crippen LogP contribution in [0, 0.1) is 0 Å². The second-order valence-corrected chi connectivity index (χ2v) is 5.61. The summed E-state index contributed by atoms with van der Waals surface area (Å²) in [4.78, 5) is 32.3. The molecule has 22 heavy (non-hydrogen) atoms. The van der Waals surface area contributed by atoms with Crippen LogP contribution in [0.25, 0.3) is 0 Å². The summed E-state index contributed by atoms with van der Waals surface area (Å²) in [6.07, 6.45) is -4.27. The molecule has 0 aliphatic carbocycles. The van der Waals surface area contributed by atoms with E-state index in [0.29, 0.717) is 0 Å². The predicted molar refractivity (Wildman–Crippen MR) is 72.6 cm³/mol. The van der Waals surface area contributed by atoms with Gasteiger partial charge in [0.1, 0.15) is 24.1 Å². The fraction of sp³-hybridized carbons (Fsp3) is 0.556. The van der Waals surface area contributed by atoms with E-state index in [0.717, 1.165) is 4.57 Å². The molecule has 1 fully saturated rings. The second kappa shape index (κ2) is 7.49. The first-order valence-electron chi connectivity index (χ1n) is 5.75. The van der Waals surface area contributed by atoms with Crippen molar-refractivity contribution in [1.82, 2.24) is 9.55 Å². The molecule has 1 saturated heterocycles. The van der Waals surface area contributed by atoms with Gasteiger partial charge in [0.05, 0.1) is 6.61 Å². The zero-order valence-corrected chi connectivity index (χ0v) is 14.4. The van der Waals surface area contributed by atoms with Crippen LogP contribution in [0.3, 0.4) is 0 Å². The molecule has 0 spiro atoms. The van der Waals surface area contributed by atoms with Gasteiger partial charge < -0.3 is 30.5 Å². The molecule has 11 nitrogen and oxygen atoms in total. The van der Waals surface area contributed by atoms with Crippen LogP contribution in [0.1, 0.15) is 6.23 Å². The molecule has 1 radical (unpaired) electrons. The van der Waals surface area contributed by atoms with Crippen molar-refractivity contribution in [3.63, 3.8) is 0 Å². The van der Waals surface area contributed by atoms with Gasteiger partial charge in [0, 0.05) is 35.8 Å². The largest absolute Gasteiger partial charge is 0.469 e. The SMILES string of the molecule is Nc1ccn(C2OC(COP(=O)(O)O)C(O)C2O)c(=O)n1.[Na]. The van der Waals surface area contributed by atoms with Crippen molar-refractivity contribution in [2.24, 2.45) is 0 Å². The number of nitrogens with zero attached hydrogens (tertiary/aromatic N) is 2. The van der Waals surface area contributed by atoms with Crippen molar-refractivity contribution >= 4 is 43.2 Å². The van der Waals surface area contributed by atoms with Crippen molar-refractivity contribution in [3.8, 4) is 0 Å². The Hall–Kier alpha value is -0.330. The van der Waals surface area contributed by atoms with Gasteiger partial charge >= 0.3 is 13.5 Å². The van der Waals surface area contributed by atoms with Gasteiger partial charge in [-0.1, -0.05) is 0 Å². The number of aliphatic hydroxyl groups excluding tert-OH is 2. The molecule has 0 saturated carbocycles. The van der Waals surface area contributed by atoms with E-state index in [-0.39, 0.29) is 35.4 Å². The zero-order valence-electron chi connectivity index (χ0n) is 11.5. The fourth-order valence-electron chi connectivity index (χ4n) is 1.89. The molecule has 1 aromatic rings. The molecule has 0 amide bonds. The number of rotatable bonds is 4. The molecule has 0 aromatic carbocycles. The third-order valence-electron chi connectivity index (χ3n) is 2.87. The molecule has 13 heteroatoms. The Balaban J connectivity index is 0.00000242. The molecule has 4 unspecified atom stereocenters. The maximum Gasteiger partial charge on any atom is 0.469 e. The van der Waals surface area contributed by atoms with Gasteiger partial charge in [0.25, 0.3) is 0 Å². The maximum atomic E-state index is 11.6. The van der Waals surface area contributed by atoms with Crippen molar-refractivity contribution in [3.05, 3.63) is 22.7 Å². The normalized spacial score (nSPS) is 28.4. The number of anilines is 1. The van der Waals surface area contributed by atoms with Crippen LogP contribution < -0.4 is 11.4 Å². The van der Waals surface area contributed by atoms with Crippen molar-refractivity contribution in [2.45, 2.75) is 24.5 Å². The van der Waals surface area contributed by atoms with Crippen molar-refractivity contribution < 1.29 is 33.8 Å². The number of nitrogen functional groups attached to an aromatic ring is 1. The zero-order chi connectivity index (χ0) is 15.8. The molecule has 4 atom stereocenters. The molecular weight excluding hydrogens is 332 g/mol. The van der Waals surface area contributed by atoms with Gasteiger partial charge in [-0.25, -0.2) is 9.36 Å². The topological polar surface area (TPSA) is 177 Å². The van der Waals surface area contributed by atoms with E-state index in [9.17, 15) is 19.6 Å². The van der Waals surface area contributed by atoms with Gasteiger partial charge in [-0.05, 0) is 6.07 Å². The number of ether oxygens (including phenoxy) is 1. The van der Waals surface area contributed by atoms with E-state index in [1.54, 1.807) is 0 Å². The summed E-state index contributed by atoms with van der Waals surface area (Å²) in [6, 6.07) is 1.29. The van der Waals surface area contributed by atoms with Crippen LogP contribution in [-0.4, -0.2) is 84.0 Å². The Bertz CT molecular complexity index is 621. The summed E-state index contributed by atoms with van der Waals surface area (Å²) in [5.74, 6) is -0.0225. The van der Waals surface area contributed by atoms with Gasteiger partial charge in [0.2, 0.25) is 0 Å². The Kier molecular flexibility index (Phi) is 6.72. The summed E-state index contributed by atoms with van der Waals surface area (Å²) in [7, 11) is -4.74.